The first-order valence-electron chi connectivity index (χ1n) is 7.19. The van der Waals surface area contributed by atoms with Crippen LogP contribution in [0.3, 0.4) is 0 Å². The Bertz CT molecular complexity index is 597. The molecule has 0 spiro atoms. The number of rotatable bonds is 4. The fourth-order valence-electron chi connectivity index (χ4n) is 2.45. The van der Waals surface area contributed by atoms with Crippen molar-refractivity contribution < 1.29 is 4.79 Å². The summed E-state index contributed by atoms with van der Waals surface area (Å²) < 4.78 is 0. The Hall–Kier alpha value is -2.06. The van der Waals surface area contributed by atoms with Crippen LogP contribution >= 0.6 is 11.3 Å². The molecule has 1 fully saturated rings. The molecule has 0 aliphatic carbocycles. The summed E-state index contributed by atoms with van der Waals surface area (Å²) in [6, 6.07) is -0.173. The Kier molecular flexibility index (Phi) is 4.59. The molecular weight excluding hydrogens is 300 g/mol. The first-order valence-corrected chi connectivity index (χ1v) is 8.07. The van der Waals surface area contributed by atoms with Gasteiger partial charge in [-0.25, -0.2) is 9.97 Å². The van der Waals surface area contributed by atoms with Crippen LogP contribution in [0.2, 0.25) is 0 Å². The maximum Gasteiger partial charge on any atom is 0.243 e. The van der Waals surface area contributed by atoms with E-state index >= 15 is 0 Å². The minimum Gasteiger partial charge on any atom is -0.353 e. The van der Waals surface area contributed by atoms with Gasteiger partial charge in [-0.1, -0.05) is 0 Å². The summed E-state index contributed by atoms with van der Waals surface area (Å²) in [5, 5.41) is 5.35. The highest BCUT2D eigenvalue weighted by molar-refractivity contribution is 7.13. The highest BCUT2D eigenvalue weighted by atomic mass is 32.1. The summed E-state index contributed by atoms with van der Waals surface area (Å²) in [5.74, 6) is 0.880. The average molecular weight is 318 g/mol. The van der Waals surface area contributed by atoms with E-state index in [1.165, 1.54) is 11.3 Å². The van der Waals surface area contributed by atoms with Crippen molar-refractivity contribution >= 4 is 28.2 Å². The number of aromatic nitrogens is 3. The van der Waals surface area contributed by atoms with E-state index in [1.54, 1.807) is 24.8 Å². The molecule has 0 bridgehead atoms. The number of hydrogen-bond acceptors (Lipinski definition) is 7. The van der Waals surface area contributed by atoms with E-state index in [0.717, 1.165) is 32.0 Å². The van der Waals surface area contributed by atoms with Crippen molar-refractivity contribution in [3.63, 3.8) is 0 Å². The first-order chi connectivity index (χ1) is 10.7. The smallest absolute Gasteiger partial charge is 0.243 e. The number of thiazole rings is 1. The largest absolute Gasteiger partial charge is 0.353 e. The van der Waals surface area contributed by atoms with Gasteiger partial charge in [-0.15, -0.1) is 11.3 Å². The molecule has 0 aromatic carbocycles. The van der Waals surface area contributed by atoms with Crippen LogP contribution in [-0.4, -0.2) is 58.0 Å². The zero-order chi connectivity index (χ0) is 15.4. The number of anilines is 2. The highest BCUT2D eigenvalue weighted by Gasteiger charge is 2.26. The van der Waals surface area contributed by atoms with Crippen molar-refractivity contribution in [3.8, 4) is 0 Å². The summed E-state index contributed by atoms with van der Waals surface area (Å²) >= 11 is 1.43. The Balaban J connectivity index is 1.53. The third-order valence-electron chi connectivity index (χ3n) is 3.78. The molecule has 1 unspecified atom stereocenters. The molecule has 3 rings (SSSR count). The molecule has 1 amide bonds. The van der Waals surface area contributed by atoms with Gasteiger partial charge in [0.05, 0.1) is 12.2 Å². The number of carbonyl (C=O) groups excluding carboxylic acids is 1. The van der Waals surface area contributed by atoms with E-state index in [4.69, 9.17) is 0 Å². The highest BCUT2D eigenvalue weighted by Crippen LogP contribution is 2.15. The molecular formula is C14H18N6OS. The van der Waals surface area contributed by atoms with E-state index < -0.39 is 0 Å². The van der Waals surface area contributed by atoms with Crippen LogP contribution in [0, 0.1) is 0 Å². The van der Waals surface area contributed by atoms with E-state index in [9.17, 15) is 4.79 Å². The molecule has 7 nitrogen and oxygen atoms in total. The zero-order valence-corrected chi connectivity index (χ0v) is 13.2. The van der Waals surface area contributed by atoms with Gasteiger partial charge >= 0.3 is 0 Å². The van der Waals surface area contributed by atoms with Gasteiger partial charge in [-0.05, 0) is 6.92 Å². The summed E-state index contributed by atoms with van der Waals surface area (Å²) in [7, 11) is 0. The molecule has 1 aliphatic heterocycles. The summed E-state index contributed by atoms with van der Waals surface area (Å²) in [6.07, 6.45) is 6.83. The maximum absolute atomic E-state index is 12.2. The second-order valence-corrected chi connectivity index (χ2v) is 5.98. The first kappa shape index (κ1) is 14.9. The van der Waals surface area contributed by atoms with Gasteiger partial charge in [0.25, 0.3) is 0 Å². The van der Waals surface area contributed by atoms with Crippen molar-refractivity contribution in [2.45, 2.75) is 13.0 Å². The van der Waals surface area contributed by atoms with Gasteiger partial charge in [0, 0.05) is 50.1 Å². The number of hydrogen-bond donors (Lipinski definition) is 1. The molecule has 3 heterocycles. The Morgan fingerprint density at radius 3 is 2.68 bits per heavy atom. The van der Waals surface area contributed by atoms with Gasteiger partial charge in [0.15, 0.2) is 5.13 Å². The molecule has 116 valence electrons. The molecule has 1 aliphatic rings. The lowest BCUT2D eigenvalue weighted by Gasteiger charge is -2.37. The number of piperazine rings is 1. The molecule has 1 saturated heterocycles. The molecule has 2 aromatic rings. The zero-order valence-electron chi connectivity index (χ0n) is 12.3. The lowest BCUT2D eigenvalue weighted by Crippen LogP contribution is -2.53. The van der Waals surface area contributed by atoms with Gasteiger partial charge < -0.3 is 10.2 Å². The topological polar surface area (TPSA) is 74.2 Å². The van der Waals surface area contributed by atoms with Crippen LogP contribution in [0.5, 0.6) is 0 Å². The molecule has 22 heavy (non-hydrogen) atoms. The Morgan fingerprint density at radius 1 is 1.23 bits per heavy atom. The fourth-order valence-corrected chi connectivity index (χ4v) is 2.99. The minimum absolute atomic E-state index is 0.0112. The van der Waals surface area contributed by atoms with Crippen molar-refractivity contribution in [3.05, 3.63) is 30.2 Å². The van der Waals surface area contributed by atoms with Crippen LogP contribution in [0.1, 0.15) is 6.92 Å². The number of nitrogens with zero attached hydrogens (tertiary/aromatic N) is 5. The van der Waals surface area contributed by atoms with E-state index in [2.05, 4.69) is 30.1 Å². The van der Waals surface area contributed by atoms with Gasteiger partial charge in [0.1, 0.15) is 5.82 Å². The van der Waals surface area contributed by atoms with Crippen molar-refractivity contribution in [1.29, 1.82) is 0 Å². The molecule has 8 heteroatoms. The van der Waals surface area contributed by atoms with Crippen LogP contribution in [0.25, 0.3) is 0 Å². The van der Waals surface area contributed by atoms with Gasteiger partial charge in [-0.2, -0.15) is 0 Å². The molecule has 2 aromatic heterocycles. The molecule has 1 atom stereocenters. The van der Waals surface area contributed by atoms with Crippen LogP contribution in [0.4, 0.5) is 10.9 Å². The third-order valence-corrected chi connectivity index (χ3v) is 4.47. The normalized spacial score (nSPS) is 17.2. The minimum atomic E-state index is -0.173. The maximum atomic E-state index is 12.2. The Labute approximate surface area is 133 Å². The predicted molar refractivity (Wildman–Crippen MR) is 86.0 cm³/mol. The van der Waals surface area contributed by atoms with E-state index in [0.29, 0.717) is 5.13 Å². The second-order valence-electron chi connectivity index (χ2n) is 5.09. The number of amides is 1. The Morgan fingerprint density at radius 2 is 2.05 bits per heavy atom. The van der Waals surface area contributed by atoms with E-state index in [1.807, 2.05) is 12.3 Å². The summed E-state index contributed by atoms with van der Waals surface area (Å²) in [6.45, 7) is 5.26. The lowest BCUT2D eigenvalue weighted by molar-refractivity contribution is -0.120. The van der Waals surface area contributed by atoms with Crippen LogP contribution < -0.4 is 10.2 Å². The summed E-state index contributed by atoms with van der Waals surface area (Å²) in [5.41, 5.74) is 0. The standard InChI is InChI=1S/C14H18N6OS/c1-11(13(21)18-14-17-4-9-22-14)19-5-7-20(8-6-19)12-10-15-2-3-16-12/h2-4,9-11H,5-8H2,1H3,(H,17,18,21). The number of nitrogens with one attached hydrogen (secondary N) is 1. The summed E-state index contributed by atoms with van der Waals surface area (Å²) in [4.78, 5) is 29.1. The van der Waals surface area contributed by atoms with Gasteiger partial charge in [-0.3, -0.25) is 14.7 Å². The third kappa shape index (κ3) is 3.40. The van der Waals surface area contributed by atoms with Crippen molar-refractivity contribution in [1.82, 2.24) is 19.9 Å². The monoisotopic (exact) mass is 318 g/mol. The quantitative estimate of drug-likeness (QED) is 0.909. The molecule has 1 N–H and O–H groups in total. The fraction of sp³-hybridized carbons (Fsp3) is 0.429. The van der Waals surface area contributed by atoms with Crippen molar-refractivity contribution in [2.24, 2.45) is 0 Å². The van der Waals surface area contributed by atoms with Gasteiger partial charge in [0.2, 0.25) is 5.91 Å². The number of carbonyl (C=O) groups is 1. The molecule has 0 saturated carbocycles. The molecule has 0 radical (unpaired) electrons. The van der Waals surface area contributed by atoms with Crippen molar-refractivity contribution in [2.75, 3.05) is 36.4 Å². The van der Waals surface area contributed by atoms with E-state index in [-0.39, 0.29) is 11.9 Å². The van der Waals surface area contributed by atoms with Crippen LogP contribution in [-0.2, 0) is 4.79 Å². The lowest BCUT2D eigenvalue weighted by atomic mass is 10.2. The predicted octanol–water partition coefficient (Wildman–Crippen LogP) is 1.08. The average Bonchev–Trinajstić information content (AvgIpc) is 3.08. The SMILES string of the molecule is CC(C(=O)Nc1nccs1)N1CCN(c2cnccn2)CC1. The second kappa shape index (κ2) is 6.80. The van der Waals surface area contributed by atoms with Crippen LogP contribution in [0.15, 0.2) is 30.2 Å².